The fraction of sp³-hybridized carbons (Fsp3) is 0.667. The molecule has 3 nitrogen and oxygen atoms in total. The molecule has 66 valence electrons. The molecule has 1 atom stereocenters. The molecule has 0 spiro atoms. The molecule has 2 rings (SSSR count). The van der Waals surface area contributed by atoms with Crippen molar-refractivity contribution < 1.29 is 0 Å². The minimum absolute atomic E-state index is 0.347. The molecule has 0 saturated heterocycles. The van der Waals surface area contributed by atoms with Gasteiger partial charge in [-0.15, -0.1) is 0 Å². The van der Waals surface area contributed by atoms with Gasteiger partial charge in [0, 0.05) is 24.7 Å². The molecule has 1 aliphatic rings. The summed E-state index contributed by atoms with van der Waals surface area (Å²) in [5.41, 5.74) is 8.65. The van der Waals surface area contributed by atoms with Gasteiger partial charge in [-0.3, -0.25) is 4.68 Å². The normalized spacial score (nSPS) is 22.3. The highest BCUT2D eigenvalue weighted by molar-refractivity contribution is 5.22. The van der Waals surface area contributed by atoms with E-state index in [2.05, 4.69) is 16.7 Å². The van der Waals surface area contributed by atoms with Crippen molar-refractivity contribution in [3.05, 3.63) is 17.5 Å². The zero-order chi connectivity index (χ0) is 8.55. The number of hydrogen-bond acceptors (Lipinski definition) is 2. The van der Waals surface area contributed by atoms with E-state index in [1.165, 1.54) is 11.3 Å². The molecule has 0 aromatic carbocycles. The lowest BCUT2D eigenvalue weighted by Gasteiger charge is -2.19. The zero-order valence-electron chi connectivity index (χ0n) is 7.45. The second-order valence-electron chi connectivity index (χ2n) is 3.44. The number of fused-ring (bicyclic) bond motifs is 1. The standard InChI is InChI=1S/C9H15N3/c1-2-12-9-5-8(10)4-3-7(9)6-11-12/h6,8H,2-5,10H2,1H3/t8-/m0/s1. The number of aromatic nitrogens is 2. The second-order valence-corrected chi connectivity index (χ2v) is 3.44. The van der Waals surface area contributed by atoms with Gasteiger partial charge in [0.2, 0.25) is 0 Å². The van der Waals surface area contributed by atoms with Gasteiger partial charge in [0.25, 0.3) is 0 Å². The Labute approximate surface area is 72.6 Å². The molecular weight excluding hydrogens is 150 g/mol. The summed E-state index contributed by atoms with van der Waals surface area (Å²) < 4.78 is 2.06. The molecule has 3 heteroatoms. The molecule has 1 aliphatic carbocycles. The number of aryl methyl sites for hydroxylation is 2. The molecule has 1 heterocycles. The van der Waals surface area contributed by atoms with Crippen molar-refractivity contribution in [3.63, 3.8) is 0 Å². The lowest BCUT2D eigenvalue weighted by Crippen LogP contribution is -2.28. The Morgan fingerprint density at radius 1 is 1.75 bits per heavy atom. The number of hydrogen-bond donors (Lipinski definition) is 1. The lowest BCUT2D eigenvalue weighted by atomic mass is 9.94. The van der Waals surface area contributed by atoms with Gasteiger partial charge in [-0.25, -0.2) is 0 Å². The molecule has 2 N–H and O–H groups in total. The third-order valence-electron chi connectivity index (χ3n) is 2.57. The van der Waals surface area contributed by atoms with Gasteiger partial charge >= 0.3 is 0 Å². The third-order valence-corrected chi connectivity index (χ3v) is 2.57. The highest BCUT2D eigenvalue weighted by atomic mass is 15.3. The molecule has 0 unspecified atom stereocenters. The van der Waals surface area contributed by atoms with E-state index in [-0.39, 0.29) is 0 Å². The van der Waals surface area contributed by atoms with Crippen LogP contribution in [-0.4, -0.2) is 15.8 Å². The van der Waals surface area contributed by atoms with Gasteiger partial charge in [-0.1, -0.05) is 0 Å². The second kappa shape index (κ2) is 2.90. The van der Waals surface area contributed by atoms with E-state index in [9.17, 15) is 0 Å². The Kier molecular flexibility index (Phi) is 1.89. The Hall–Kier alpha value is -0.830. The average Bonchev–Trinajstić information content (AvgIpc) is 2.46. The third kappa shape index (κ3) is 1.14. The highest BCUT2D eigenvalue weighted by Crippen LogP contribution is 2.19. The van der Waals surface area contributed by atoms with Crippen LogP contribution in [0.2, 0.25) is 0 Å². The maximum absolute atomic E-state index is 5.89. The monoisotopic (exact) mass is 165 g/mol. The first-order valence-corrected chi connectivity index (χ1v) is 4.60. The van der Waals surface area contributed by atoms with Crippen LogP contribution in [0, 0.1) is 0 Å². The first kappa shape index (κ1) is 7.80. The van der Waals surface area contributed by atoms with Crippen molar-refractivity contribution in [1.29, 1.82) is 0 Å². The predicted molar refractivity (Wildman–Crippen MR) is 47.9 cm³/mol. The molecule has 0 saturated carbocycles. The summed E-state index contributed by atoms with van der Waals surface area (Å²) in [6, 6.07) is 0.347. The molecule has 12 heavy (non-hydrogen) atoms. The summed E-state index contributed by atoms with van der Waals surface area (Å²) in [6.45, 7) is 3.08. The predicted octanol–water partition coefficient (Wildman–Crippen LogP) is 0.719. The first-order chi connectivity index (χ1) is 5.81. The lowest BCUT2D eigenvalue weighted by molar-refractivity contribution is 0.528. The van der Waals surface area contributed by atoms with Crippen LogP contribution in [0.5, 0.6) is 0 Å². The SMILES string of the molecule is CCn1ncc2c1C[C@@H](N)CC2. The van der Waals surface area contributed by atoms with E-state index in [0.29, 0.717) is 6.04 Å². The smallest absolute Gasteiger partial charge is 0.0524 e. The summed E-state index contributed by atoms with van der Waals surface area (Å²) >= 11 is 0. The minimum Gasteiger partial charge on any atom is -0.327 e. The van der Waals surface area contributed by atoms with Crippen molar-refractivity contribution in [2.24, 2.45) is 5.73 Å². The van der Waals surface area contributed by atoms with Gasteiger partial charge in [0.15, 0.2) is 0 Å². The van der Waals surface area contributed by atoms with Gasteiger partial charge in [-0.2, -0.15) is 5.10 Å². The Morgan fingerprint density at radius 3 is 3.33 bits per heavy atom. The maximum Gasteiger partial charge on any atom is 0.0524 e. The highest BCUT2D eigenvalue weighted by Gasteiger charge is 2.18. The van der Waals surface area contributed by atoms with E-state index in [4.69, 9.17) is 5.73 Å². The molecule has 0 amide bonds. The van der Waals surface area contributed by atoms with Gasteiger partial charge < -0.3 is 5.73 Å². The van der Waals surface area contributed by atoms with Crippen molar-refractivity contribution >= 4 is 0 Å². The Balaban J connectivity index is 2.34. The topological polar surface area (TPSA) is 43.8 Å². The molecule has 0 bridgehead atoms. The fourth-order valence-electron chi connectivity index (χ4n) is 1.86. The molecule has 0 radical (unpaired) electrons. The Morgan fingerprint density at radius 2 is 2.58 bits per heavy atom. The summed E-state index contributed by atoms with van der Waals surface area (Å²) in [7, 11) is 0. The van der Waals surface area contributed by atoms with Crippen LogP contribution in [0.3, 0.4) is 0 Å². The Bertz CT molecular complexity index is 264. The quantitative estimate of drug-likeness (QED) is 0.666. The van der Waals surface area contributed by atoms with Crippen LogP contribution >= 0.6 is 0 Å². The fourth-order valence-corrected chi connectivity index (χ4v) is 1.86. The van der Waals surface area contributed by atoms with Crippen LogP contribution < -0.4 is 5.73 Å². The van der Waals surface area contributed by atoms with E-state index in [1.54, 1.807) is 0 Å². The first-order valence-electron chi connectivity index (χ1n) is 4.60. The van der Waals surface area contributed by atoms with Crippen molar-refractivity contribution in [2.45, 2.75) is 38.8 Å². The van der Waals surface area contributed by atoms with Crippen molar-refractivity contribution in [3.8, 4) is 0 Å². The summed E-state index contributed by atoms with van der Waals surface area (Å²) in [5.74, 6) is 0. The van der Waals surface area contributed by atoms with Crippen LogP contribution in [0.15, 0.2) is 6.20 Å². The molecule has 1 aromatic rings. The molecule has 0 aliphatic heterocycles. The maximum atomic E-state index is 5.89. The van der Waals surface area contributed by atoms with Crippen LogP contribution in [0.1, 0.15) is 24.6 Å². The van der Waals surface area contributed by atoms with Gasteiger partial charge in [-0.05, 0) is 25.3 Å². The van der Waals surface area contributed by atoms with Crippen LogP contribution in [-0.2, 0) is 19.4 Å². The average molecular weight is 165 g/mol. The summed E-state index contributed by atoms with van der Waals surface area (Å²) in [5, 5.41) is 4.31. The van der Waals surface area contributed by atoms with Crippen molar-refractivity contribution in [2.75, 3.05) is 0 Å². The van der Waals surface area contributed by atoms with Gasteiger partial charge in [0.05, 0.1) is 6.20 Å². The van der Waals surface area contributed by atoms with Crippen molar-refractivity contribution in [1.82, 2.24) is 9.78 Å². The number of nitrogens with two attached hydrogens (primary N) is 1. The summed E-state index contributed by atoms with van der Waals surface area (Å²) in [6.07, 6.45) is 5.22. The van der Waals surface area contributed by atoms with E-state index in [1.807, 2.05) is 6.20 Å². The molecule has 0 fully saturated rings. The number of nitrogens with zero attached hydrogens (tertiary/aromatic N) is 2. The largest absolute Gasteiger partial charge is 0.327 e. The molecule has 1 aromatic heterocycles. The zero-order valence-corrected chi connectivity index (χ0v) is 7.45. The van der Waals surface area contributed by atoms with E-state index < -0.39 is 0 Å². The van der Waals surface area contributed by atoms with E-state index in [0.717, 1.165) is 25.8 Å². The van der Waals surface area contributed by atoms with Crippen LogP contribution in [0.25, 0.3) is 0 Å². The van der Waals surface area contributed by atoms with Gasteiger partial charge in [0.1, 0.15) is 0 Å². The number of rotatable bonds is 1. The van der Waals surface area contributed by atoms with E-state index >= 15 is 0 Å². The van der Waals surface area contributed by atoms with Crippen LogP contribution in [0.4, 0.5) is 0 Å². The summed E-state index contributed by atoms with van der Waals surface area (Å²) in [4.78, 5) is 0. The molecular formula is C9H15N3. The minimum atomic E-state index is 0.347.